The minimum Gasteiger partial charge on any atom is -0.378 e. The summed E-state index contributed by atoms with van der Waals surface area (Å²) >= 11 is 0. The van der Waals surface area contributed by atoms with E-state index < -0.39 is 11.0 Å². The number of benzene rings is 3. The summed E-state index contributed by atoms with van der Waals surface area (Å²) in [5.41, 5.74) is 5.24. The summed E-state index contributed by atoms with van der Waals surface area (Å²) in [6, 6.07) is 48.5. The Kier molecular flexibility index (Phi) is 9.37. The summed E-state index contributed by atoms with van der Waals surface area (Å²) in [6.45, 7) is 2.20. The van der Waals surface area contributed by atoms with Crippen molar-refractivity contribution in [2.45, 2.75) is 30.8 Å². The third kappa shape index (κ3) is 6.55. The molecular formula is C38H31IrN3O-2. The molecule has 0 amide bonds. The zero-order valence-corrected chi connectivity index (χ0v) is 26.2. The first-order valence-corrected chi connectivity index (χ1v) is 14.1. The van der Waals surface area contributed by atoms with Crippen LogP contribution in [0.5, 0.6) is 0 Å². The maximum atomic E-state index is 12.1. The van der Waals surface area contributed by atoms with Crippen LogP contribution in [0.1, 0.15) is 40.7 Å². The molecule has 4 nitrogen and oxygen atoms in total. The molecule has 3 heterocycles. The normalized spacial score (nSPS) is 13.7. The van der Waals surface area contributed by atoms with Crippen molar-refractivity contribution in [3.8, 4) is 11.3 Å². The second-order valence-corrected chi connectivity index (χ2v) is 10.7. The number of aliphatic hydroxyl groups is 1. The van der Waals surface area contributed by atoms with Gasteiger partial charge in [0.15, 0.2) is 0 Å². The molecule has 0 fully saturated rings. The standard InChI is InChI=1S/C38H31N3O.Ir/c1-37(31-16-4-2-5-17-31,35-22-8-10-24-39-35)28-33-20-13-21-34(41-33)30-15-12-14-29(26-30)27-38(42,32-18-6-3-7-19-32)36-23-9-11-25-40-36;/h2-16,18-25,42H,27-28H2,1H3;/q-2;. The van der Waals surface area contributed by atoms with Crippen molar-refractivity contribution in [2.75, 3.05) is 0 Å². The molecule has 5 heteroatoms. The van der Waals surface area contributed by atoms with Crippen LogP contribution in [0.2, 0.25) is 0 Å². The zero-order valence-electron chi connectivity index (χ0n) is 23.8. The largest absolute Gasteiger partial charge is 0.378 e. The Labute approximate surface area is 266 Å². The van der Waals surface area contributed by atoms with Gasteiger partial charge in [-0.05, 0) is 48.0 Å². The Balaban J connectivity index is 0.00000368. The Bertz CT molecular complexity index is 1540. The first-order valence-electron chi connectivity index (χ1n) is 14.1. The van der Waals surface area contributed by atoms with Crippen LogP contribution in [0.25, 0.3) is 11.3 Å². The number of hydrogen-bond acceptors (Lipinski definition) is 4. The van der Waals surface area contributed by atoms with Crippen LogP contribution in [-0.4, -0.2) is 20.1 Å². The van der Waals surface area contributed by atoms with Gasteiger partial charge < -0.3 is 10.1 Å². The molecule has 0 aliphatic rings. The Morgan fingerprint density at radius 2 is 1.37 bits per heavy atom. The van der Waals surface area contributed by atoms with Gasteiger partial charge in [-0.2, -0.15) is 30.3 Å². The quantitative estimate of drug-likeness (QED) is 0.160. The van der Waals surface area contributed by atoms with Crippen molar-refractivity contribution in [1.82, 2.24) is 15.0 Å². The van der Waals surface area contributed by atoms with Gasteiger partial charge in [0, 0.05) is 55.7 Å². The predicted molar refractivity (Wildman–Crippen MR) is 166 cm³/mol. The van der Waals surface area contributed by atoms with Crippen LogP contribution in [0.3, 0.4) is 0 Å². The van der Waals surface area contributed by atoms with E-state index in [0.29, 0.717) is 18.5 Å². The van der Waals surface area contributed by atoms with Gasteiger partial charge in [-0.25, -0.2) is 0 Å². The van der Waals surface area contributed by atoms with E-state index >= 15 is 0 Å². The molecule has 0 saturated carbocycles. The summed E-state index contributed by atoms with van der Waals surface area (Å²) in [5.74, 6) is 0. The average Bonchev–Trinajstić information content (AvgIpc) is 3.06. The predicted octanol–water partition coefficient (Wildman–Crippen LogP) is 7.16. The third-order valence-electron chi connectivity index (χ3n) is 7.79. The van der Waals surface area contributed by atoms with E-state index in [2.05, 4.69) is 42.2 Å². The third-order valence-corrected chi connectivity index (χ3v) is 7.79. The van der Waals surface area contributed by atoms with Crippen molar-refractivity contribution < 1.29 is 25.2 Å². The number of pyridine rings is 3. The van der Waals surface area contributed by atoms with Gasteiger partial charge in [0.25, 0.3) is 0 Å². The summed E-state index contributed by atoms with van der Waals surface area (Å²) < 4.78 is 0. The SMILES string of the molecule is CC(Cc1cccc(-c2[c-]c(CC(O)(c3ccccc3)c3ccccn3)ccc2)n1)(c1[c-]cccc1)c1ccccn1.[Ir]. The molecule has 2 unspecified atom stereocenters. The molecule has 1 radical (unpaired) electrons. The van der Waals surface area contributed by atoms with Gasteiger partial charge >= 0.3 is 0 Å². The smallest absolute Gasteiger partial charge is 0.134 e. The minimum atomic E-state index is -1.30. The monoisotopic (exact) mass is 738 g/mol. The molecule has 0 aliphatic carbocycles. The molecular weight excluding hydrogens is 707 g/mol. The maximum Gasteiger partial charge on any atom is 0.134 e. The van der Waals surface area contributed by atoms with Crippen LogP contribution in [0.15, 0.2) is 140 Å². The molecule has 3 aromatic heterocycles. The van der Waals surface area contributed by atoms with Crippen molar-refractivity contribution in [3.63, 3.8) is 0 Å². The molecule has 3 aromatic carbocycles. The average molecular weight is 738 g/mol. The second kappa shape index (κ2) is 13.4. The molecule has 0 spiro atoms. The molecule has 43 heavy (non-hydrogen) atoms. The van der Waals surface area contributed by atoms with Gasteiger partial charge in [-0.15, -0.1) is 41.0 Å². The molecule has 1 N–H and O–H groups in total. The van der Waals surface area contributed by atoms with Crippen LogP contribution in [-0.2, 0) is 44.0 Å². The fraction of sp³-hybridized carbons (Fsp3) is 0.132. The first kappa shape index (κ1) is 30.2. The molecule has 0 bridgehead atoms. The molecule has 0 aliphatic heterocycles. The summed E-state index contributed by atoms with van der Waals surface area (Å²) in [7, 11) is 0. The fourth-order valence-electron chi connectivity index (χ4n) is 5.55. The number of nitrogens with zero attached hydrogens (tertiary/aromatic N) is 3. The Hall–Kier alpha value is -4.28. The van der Waals surface area contributed by atoms with Gasteiger partial charge in [-0.3, -0.25) is 9.97 Å². The van der Waals surface area contributed by atoms with E-state index in [1.807, 2.05) is 115 Å². The first-order chi connectivity index (χ1) is 20.5. The van der Waals surface area contributed by atoms with Crippen LogP contribution in [0, 0.1) is 12.1 Å². The number of hydrogen-bond donors (Lipinski definition) is 1. The molecule has 0 saturated heterocycles. The van der Waals surface area contributed by atoms with Gasteiger partial charge in [0.1, 0.15) is 5.60 Å². The van der Waals surface area contributed by atoms with E-state index in [1.54, 1.807) is 6.20 Å². The zero-order chi connectivity index (χ0) is 28.8. The van der Waals surface area contributed by atoms with Crippen LogP contribution in [0.4, 0.5) is 0 Å². The second-order valence-electron chi connectivity index (χ2n) is 10.7. The van der Waals surface area contributed by atoms with E-state index in [-0.39, 0.29) is 20.1 Å². The summed E-state index contributed by atoms with van der Waals surface area (Å²) in [5, 5.41) is 12.1. The van der Waals surface area contributed by atoms with Crippen molar-refractivity contribution >= 4 is 0 Å². The van der Waals surface area contributed by atoms with E-state index in [9.17, 15) is 5.11 Å². The van der Waals surface area contributed by atoms with Gasteiger partial charge in [0.2, 0.25) is 0 Å². The molecule has 6 rings (SSSR count). The molecule has 6 aromatic rings. The summed E-state index contributed by atoms with van der Waals surface area (Å²) in [4.78, 5) is 14.3. The Morgan fingerprint density at radius 1 is 0.674 bits per heavy atom. The number of rotatable bonds is 9. The number of aromatic nitrogens is 3. The van der Waals surface area contributed by atoms with Gasteiger partial charge in [-0.1, -0.05) is 61.5 Å². The van der Waals surface area contributed by atoms with Gasteiger partial charge in [0.05, 0.1) is 5.69 Å². The van der Waals surface area contributed by atoms with Crippen LogP contribution >= 0.6 is 0 Å². The molecule has 215 valence electrons. The van der Waals surface area contributed by atoms with E-state index in [1.165, 1.54) is 0 Å². The van der Waals surface area contributed by atoms with E-state index in [4.69, 9.17) is 9.97 Å². The molecule has 2 atom stereocenters. The van der Waals surface area contributed by atoms with Crippen LogP contribution < -0.4 is 0 Å². The minimum absolute atomic E-state index is 0. The Morgan fingerprint density at radius 3 is 2.07 bits per heavy atom. The summed E-state index contributed by atoms with van der Waals surface area (Å²) in [6.07, 6.45) is 4.53. The van der Waals surface area contributed by atoms with Crippen molar-refractivity contribution in [3.05, 3.63) is 186 Å². The van der Waals surface area contributed by atoms with E-state index in [0.717, 1.165) is 39.3 Å². The topological polar surface area (TPSA) is 58.9 Å². The fourth-order valence-corrected chi connectivity index (χ4v) is 5.55. The maximum absolute atomic E-state index is 12.1. The van der Waals surface area contributed by atoms with Crippen molar-refractivity contribution in [1.29, 1.82) is 0 Å². The van der Waals surface area contributed by atoms with Crippen molar-refractivity contribution in [2.24, 2.45) is 0 Å².